The first-order chi connectivity index (χ1) is 13.2. The second-order valence-electron chi connectivity index (χ2n) is 6.77. The molecule has 8 nitrogen and oxygen atoms in total. The molecular formula is C16H18F3N5O3S2. The summed E-state index contributed by atoms with van der Waals surface area (Å²) in [5.41, 5.74) is -3.00. The molecule has 1 amide bonds. The van der Waals surface area contributed by atoms with Gasteiger partial charge in [0.05, 0.1) is 22.9 Å². The lowest BCUT2D eigenvalue weighted by molar-refractivity contribution is -0.137. The van der Waals surface area contributed by atoms with Crippen LogP contribution in [0.15, 0.2) is 18.2 Å². The molecule has 0 aliphatic carbocycles. The lowest BCUT2D eigenvalue weighted by Crippen LogP contribution is -2.45. The van der Waals surface area contributed by atoms with Crippen LogP contribution >= 0.6 is 12.2 Å². The van der Waals surface area contributed by atoms with Crippen LogP contribution in [0.25, 0.3) is 0 Å². The van der Waals surface area contributed by atoms with Gasteiger partial charge in [-0.3, -0.25) is 9.69 Å². The molecule has 1 aromatic rings. The van der Waals surface area contributed by atoms with E-state index in [1.807, 2.05) is 0 Å². The molecule has 158 valence electrons. The highest BCUT2D eigenvalue weighted by molar-refractivity contribution is 7.87. The number of amides is 1. The number of carbonyl (C=O) groups excluding carboxylic acids is 1. The van der Waals surface area contributed by atoms with Gasteiger partial charge in [0.2, 0.25) is 0 Å². The Morgan fingerprint density at radius 3 is 2.48 bits per heavy atom. The van der Waals surface area contributed by atoms with E-state index in [9.17, 15) is 26.4 Å². The van der Waals surface area contributed by atoms with Crippen LogP contribution in [-0.2, 0) is 21.2 Å². The number of alkyl halides is 3. The molecule has 3 N–H and O–H groups in total. The van der Waals surface area contributed by atoms with E-state index >= 15 is 0 Å². The predicted octanol–water partition coefficient (Wildman–Crippen LogP) is 1.47. The molecule has 1 aromatic carbocycles. The highest BCUT2D eigenvalue weighted by Crippen LogP contribution is 2.37. The highest BCUT2D eigenvalue weighted by atomic mass is 32.2. The number of carbonyl (C=O) groups is 1. The first-order valence-electron chi connectivity index (χ1n) is 8.25. The lowest BCUT2D eigenvalue weighted by Gasteiger charge is -2.29. The van der Waals surface area contributed by atoms with Crippen molar-refractivity contribution in [2.45, 2.75) is 32.0 Å². The normalized spacial score (nSPS) is 17.0. The van der Waals surface area contributed by atoms with Crippen LogP contribution in [0.5, 0.6) is 0 Å². The maximum absolute atomic E-state index is 13.3. The van der Waals surface area contributed by atoms with E-state index in [0.717, 1.165) is 11.0 Å². The zero-order chi connectivity index (χ0) is 22.2. The van der Waals surface area contributed by atoms with Crippen LogP contribution in [0.2, 0.25) is 0 Å². The molecule has 29 heavy (non-hydrogen) atoms. The Hall–Kier alpha value is -2.27. The molecule has 0 aromatic heterocycles. The molecule has 0 bridgehead atoms. The number of benzene rings is 1. The van der Waals surface area contributed by atoms with Crippen LogP contribution in [0.1, 0.15) is 31.4 Å². The number of nitrogens with zero attached hydrogens (tertiary/aromatic N) is 3. The Bertz CT molecular complexity index is 986. The van der Waals surface area contributed by atoms with Crippen molar-refractivity contribution in [3.05, 3.63) is 29.3 Å². The monoisotopic (exact) mass is 449 g/mol. The van der Waals surface area contributed by atoms with Gasteiger partial charge >= 0.3 is 6.18 Å². The summed E-state index contributed by atoms with van der Waals surface area (Å²) < 4.78 is 63.7. The predicted molar refractivity (Wildman–Crippen MR) is 103 cm³/mol. The molecule has 1 saturated heterocycles. The van der Waals surface area contributed by atoms with E-state index in [0.29, 0.717) is 6.07 Å². The highest BCUT2D eigenvalue weighted by Gasteiger charge is 2.49. The van der Waals surface area contributed by atoms with Gasteiger partial charge < -0.3 is 4.90 Å². The topological polar surface area (TPSA) is 120 Å². The number of nitrogens with two attached hydrogens (primary N) is 1. The molecule has 0 saturated carbocycles. The summed E-state index contributed by atoms with van der Waals surface area (Å²) >= 11 is 5.31. The maximum Gasteiger partial charge on any atom is 0.417 e. The number of anilines is 1. The fraction of sp³-hybridized carbons (Fsp3) is 0.438. The van der Waals surface area contributed by atoms with Crippen molar-refractivity contribution in [3.63, 3.8) is 0 Å². The average molecular weight is 449 g/mol. The van der Waals surface area contributed by atoms with Crippen molar-refractivity contribution in [2.75, 3.05) is 18.0 Å². The van der Waals surface area contributed by atoms with E-state index in [4.69, 9.17) is 22.6 Å². The Labute approximate surface area is 171 Å². The van der Waals surface area contributed by atoms with Crippen molar-refractivity contribution in [2.24, 2.45) is 5.14 Å². The molecule has 13 heteroatoms. The van der Waals surface area contributed by atoms with E-state index < -0.39 is 39.0 Å². The SMILES string of the molecule is CC1(C)C(=O)N(c2ccc(C#N)c(C(F)(F)F)c2)C(=S)N1CCCNS(N)(=O)=O. The summed E-state index contributed by atoms with van der Waals surface area (Å²) in [7, 11) is -3.86. The fourth-order valence-electron chi connectivity index (χ4n) is 2.89. The summed E-state index contributed by atoms with van der Waals surface area (Å²) in [6, 6.07) is 4.40. The second kappa shape index (κ2) is 7.86. The molecule has 0 unspecified atom stereocenters. The zero-order valence-corrected chi connectivity index (χ0v) is 17.1. The quantitative estimate of drug-likeness (QED) is 0.501. The van der Waals surface area contributed by atoms with Gasteiger partial charge in [0, 0.05) is 13.1 Å². The average Bonchev–Trinajstić information content (AvgIpc) is 2.75. The van der Waals surface area contributed by atoms with E-state index in [-0.39, 0.29) is 30.3 Å². The first-order valence-corrected chi connectivity index (χ1v) is 10.2. The smallest absolute Gasteiger partial charge is 0.334 e. The molecule has 0 atom stereocenters. The van der Waals surface area contributed by atoms with E-state index in [2.05, 4.69) is 4.72 Å². The van der Waals surface area contributed by atoms with Crippen LogP contribution < -0.4 is 14.8 Å². The minimum absolute atomic E-state index is 0.00267. The van der Waals surface area contributed by atoms with Crippen LogP contribution in [0, 0.1) is 11.3 Å². The van der Waals surface area contributed by atoms with E-state index in [1.165, 1.54) is 17.0 Å². The summed E-state index contributed by atoms with van der Waals surface area (Å²) in [5, 5.41) is 13.8. The minimum Gasteiger partial charge on any atom is -0.334 e. The third-order valence-electron chi connectivity index (χ3n) is 4.37. The third-order valence-corrected chi connectivity index (χ3v) is 5.38. The van der Waals surface area contributed by atoms with Gasteiger partial charge in [-0.25, -0.2) is 9.86 Å². The molecular weight excluding hydrogens is 431 g/mol. The molecule has 2 rings (SSSR count). The van der Waals surface area contributed by atoms with Crippen molar-refractivity contribution in [1.82, 2.24) is 9.62 Å². The Morgan fingerprint density at radius 2 is 1.97 bits per heavy atom. The van der Waals surface area contributed by atoms with Gasteiger partial charge in [0.1, 0.15) is 5.54 Å². The van der Waals surface area contributed by atoms with Crippen molar-refractivity contribution in [1.29, 1.82) is 5.26 Å². The van der Waals surface area contributed by atoms with Crippen LogP contribution in [0.3, 0.4) is 0 Å². The summed E-state index contributed by atoms with van der Waals surface area (Å²) in [4.78, 5) is 15.4. The Morgan fingerprint density at radius 1 is 1.34 bits per heavy atom. The molecule has 1 fully saturated rings. The fourth-order valence-corrected chi connectivity index (χ4v) is 3.83. The van der Waals surface area contributed by atoms with Crippen molar-refractivity contribution in [3.8, 4) is 6.07 Å². The number of halogens is 3. The molecule has 0 spiro atoms. The lowest BCUT2D eigenvalue weighted by atomic mass is 10.0. The van der Waals surface area contributed by atoms with Crippen LogP contribution in [-0.4, -0.2) is 43.0 Å². The molecule has 1 heterocycles. The summed E-state index contributed by atoms with van der Waals surface area (Å²) in [6.07, 6.45) is -4.53. The number of thiocarbonyl (C=S) groups is 1. The second-order valence-corrected chi connectivity index (χ2v) is 8.51. The number of hydrogen-bond acceptors (Lipinski definition) is 5. The van der Waals surface area contributed by atoms with Crippen molar-refractivity contribution < 1.29 is 26.4 Å². The van der Waals surface area contributed by atoms with Gasteiger partial charge in [-0.2, -0.15) is 26.9 Å². The summed E-state index contributed by atoms with van der Waals surface area (Å²) in [6.45, 7) is 3.28. The van der Waals surface area contributed by atoms with Gasteiger partial charge in [-0.05, 0) is 50.7 Å². The zero-order valence-electron chi connectivity index (χ0n) is 15.4. The first kappa shape index (κ1) is 23.0. The minimum atomic E-state index is -4.78. The number of rotatable bonds is 6. The number of hydrogen-bond donors (Lipinski definition) is 2. The van der Waals surface area contributed by atoms with Crippen LogP contribution in [0.4, 0.5) is 18.9 Å². The van der Waals surface area contributed by atoms with Gasteiger partial charge in [-0.1, -0.05) is 0 Å². The third kappa shape index (κ3) is 4.84. The van der Waals surface area contributed by atoms with Gasteiger partial charge in [-0.15, -0.1) is 0 Å². The molecule has 1 aliphatic rings. The van der Waals surface area contributed by atoms with Crippen molar-refractivity contribution >= 4 is 39.1 Å². The number of nitriles is 1. The number of nitrogens with one attached hydrogen (secondary N) is 1. The standard InChI is InChI=1S/C16H18F3N5O3S2/c1-15(2)13(25)24(14(28)23(15)7-3-6-22-29(21,26)27)11-5-4-10(9-20)12(8-11)16(17,18)19/h4-5,8,22H,3,6-7H2,1-2H3,(H2,21,26,27). The van der Waals surface area contributed by atoms with Gasteiger partial charge in [0.25, 0.3) is 16.1 Å². The Balaban J connectivity index is 2.32. The van der Waals surface area contributed by atoms with E-state index in [1.54, 1.807) is 13.8 Å². The maximum atomic E-state index is 13.3. The Kier molecular flexibility index (Phi) is 6.24. The largest absolute Gasteiger partial charge is 0.417 e. The molecule has 0 radical (unpaired) electrons. The molecule has 1 aliphatic heterocycles. The van der Waals surface area contributed by atoms with Gasteiger partial charge in [0.15, 0.2) is 5.11 Å². The summed E-state index contributed by atoms with van der Waals surface area (Å²) in [5.74, 6) is -0.542.